The van der Waals surface area contributed by atoms with Crippen molar-refractivity contribution < 1.29 is 5.11 Å². The van der Waals surface area contributed by atoms with Crippen molar-refractivity contribution in [2.45, 2.75) is 39.2 Å². The Kier molecular flexibility index (Phi) is 3.79. The Morgan fingerprint density at radius 1 is 1.35 bits per heavy atom. The fourth-order valence-electron chi connectivity index (χ4n) is 2.18. The van der Waals surface area contributed by atoms with Crippen molar-refractivity contribution in [1.29, 1.82) is 0 Å². The minimum absolute atomic E-state index is 0.226. The SMILES string of the molecule is CC[C@@H](C)n1c(CCCO)nc2ccccc21. The number of aliphatic hydroxyl groups excluding tert-OH is 1. The molecule has 3 heteroatoms. The van der Waals surface area contributed by atoms with Crippen LogP contribution in [0.3, 0.4) is 0 Å². The van der Waals surface area contributed by atoms with Gasteiger partial charge in [0.25, 0.3) is 0 Å². The summed E-state index contributed by atoms with van der Waals surface area (Å²) in [5.74, 6) is 1.09. The molecule has 0 saturated carbocycles. The largest absolute Gasteiger partial charge is 0.396 e. The van der Waals surface area contributed by atoms with Crippen LogP contribution in [0.4, 0.5) is 0 Å². The van der Waals surface area contributed by atoms with Crippen LogP contribution in [0, 0.1) is 0 Å². The third kappa shape index (κ3) is 2.34. The fraction of sp³-hybridized carbons (Fsp3) is 0.500. The van der Waals surface area contributed by atoms with Gasteiger partial charge in [-0.15, -0.1) is 0 Å². The second-order valence-electron chi connectivity index (χ2n) is 4.47. The normalized spacial score (nSPS) is 13.1. The maximum Gasteiger partial charge on any atom is 0.110 e. The van der Waals surface area contributed by atoms with E-state index < -0.39 is 0 Å². The molecule has 1 atom stereocenters. The molecule has 2 aromatic rings. The number of nitrogens with zero attached hydrogens (tertiary/aromatic N) is 2. The average Bonchev–Trinajstić information content (AvgIpc) is 2.73. The molecule has 0 spiro atoms. The van der Waals surface area contributed by atoms with Crippen LogP contribution >= 0.6 is 0 Å². The molecule has 92 valence electrons. The van der Waals surface area contributed by atoms with Crippen molar-refractivity contribution in [3.05, 3.63) is 30.1 Å². The lowest BCUT2D eigenvalue weighted by Gasteiger charge is -2.15. The van der Waals surface area contributed by atoms with Crippen LogP contribution in [0.1, 0.15) is 38.6 Å². The molecule has 17 heavy (non-hydrogen) atoms. The number of rotatable bonds is 5. The lowest BCUT2D eigenvalue weighted by Crippen LogP contribution is -2.09. The van der Waals surface area contributed by atoms with Crippen LogP contribution in [-0.4, -0.2) is 21.3 Å². The molecule has 0 fully saturated rings. The van der Waals surface area contributed by atoms with Gasteiger partial charge in [0.2, 0.25) is 0 Å². The van der Waals surface area contributed by atoms with Crippen LogP contribution in [0.15, 0.2) is 24.3 Å². The zero-order chi connectivity index (χ0) is 12.3. The molecule has 1 N–H and O–H groups in total. The first-order chi connectivity index (χ1) is 8.27. The predicted octanol–water partition coefficient (Wildman–Crippen LogP) is 2.93. The van der Waals surface area contributed by atoms with Gasteiger partial charge in [0, 0.05) is 19.1 Å². The second-order valence-corrected chi connectivity index (χ2v) is 4.47. The van der Waals surface area contributed by atoms with Gasteiger partial charge < -0.3 is 9.67 Å². The van der Waals surface area contributed by atoms with Gasteiger partial charge in [-0.05, 0) is 31.9 Å². The molecule has 0 amide bonds. The molecule has 0 aliphatic heterocycles. The number of hydrogen-bond donors (Lipinski definition) is 1. The summed E-state index contributed by atoms with van der Waals surface area (Å²) in [5.41, 5.74) is 2.26. The molecule has 0 radical (unpaired) electrons. The van der Waals surface area contributed by atoms with Gasteiger partial charge in [-0.2, -0.15) is 0 Å². The van der Waals surface area contributed by atoms with Gasteiger partial charge in [-0.3, -0.25) is 0 Å². The van der Waals surface area contributed by atoms with E-state index in [-0.39, 0.29) is 6.61 Å². The first-order valence-electron chi connectivity index (χ1n) is 6.34. The van der Waals surface area contributed by atoms with Crippen LogP contribution in [0.5, 0.6) is 0 Å². The Labute approximate surface area is 102 Å². The van der Waals surface area contributed by atoms with E-state index in [0.29, 0.717) is 6.04 Å². The molecule has 1 aromatic heterocycles. The van der Waals surface area contributed by atoms with Crippen molar-refractivity contribution in [3.63, 3.8) is 0 Å². The van der Waals surface area contributed by atoms with Crippen LogP contribution in [0.2, 0.25) is 0 Å². The fourth-order valence-corrected chi connectivity index (χ4v) is 2.18. The molecule has 0 aliphatic rings. The highest BCUT2D eigenvalue weighted by atomic mass is 16.2. The van der Waals surface area contributed by atoms with Crippen molar-refractivity contribution in [3.8, 4) is 0 Å². The van der Waals surface area contributed by atoms with Crippen molar-refractivity contribution in [2.24, 2.45) is 0 Å². The Morgan fingerprint density at radius 2 is 2.12 bits per heavy atom. The van der Waals surface area contributed by atoms with E-state index in [1.165, 1.54) is 5.52 Å². The number of aryl methyl sites for hydroxylation is 1. The van der Waals surface area contributed by atoms with E-state index in [0.717, 1.165) is 30.6 Å². The first-order valence-corrected chi connectivity index (χ1v) is 6.34. The molecular weight excluding hydrogens is 212 g/mol. The summed E-state index contributed by atoms with van der Waals surface area (Å²) in [6, 6.07) is 8.70. The number of aromatic nitrogens is 2. The molecule has 1 heterocycles. The van der Waals surface area contributed by atoms with Gasteiger partial charge in [0.15, 0.2) is 0 Å². The summed E-state index contributed by atoms with van der Waals surface area (Å²) < 4.78 is 2.31. The van der Waals surface area contributed by atoms with E-state index in [1.54, 1.807) is 0 Å². The molecule has 2 rings (SSSR count). The lowest BCUT2D eigenvalue weighted by atomic mass is 10.2. The minimum atomic E-state index is 0.226. The second kappa shape index (κ2) is 5.32. The zero-order valence-corrected chi connectivity index (χ0v) is 10.6. The topological polar surface area (TPSA) is 38.0 Å². The summed E-state index contributed by atoms with van der Waals surface area (Å²) >= 11 is 0. The summed E-state index contributed by atoms with van der Waals surface area (Å²) in [6.45, 7) is 4.63. The Morgan fingerprint density at radius 3 is 2.82 bits per heavy atom. The Hall–Kier alpha value is -1.35. The quantitative estimate of drug-likeness (QED) is 0.860. The summed E-state index contributed by atoms with van der Waals surface area (Å²) in [7, 11) is 0. The molecule has 0 bridgehead atoms. The standard InChI is InChI=1S/C14H20N2O/c1-3-11(2)16-13-8-5-4-7-12(13)15-14(16)9-6-10-17/h4-5,7-8,11,17H,3,6,9-10H2,1-2H3/t11-/m1/s1. The predicted molar refractivity (Wildman–Crippen MR) is 70.1 cm³/mol. The Balaban J connectivity index is 2.49. The van der Waals surface area contributed by atoms with Gasteiger partial charge in [-0.25, -0.2) is 4.98 Å². The summed E-state index contributed by atoms with van der Waals surface area (Å²) in [6.07, 6.45) is 2.71. The number of aliphatic hydroxyl groups is 1. The van der Waals surface area contributed by atoms with E-state index in [4.69, 9.17) is 5.11 Å². The lowest BCUT2D eigenvalue weighted by molar-refractivity contribution is 0.286. The molecular formula is C14H20N2O. The van der Waals surface area contributed by atoms with E-state index in [9.17, 15) is 0 Å². The van der Waals surface area contributed by atoms with Gasteiger partial charge in [0.05, 0.1) is 11.0 Å². The highest BCUT2D eigenvalue weighted by molar-refractivity contribution is 5.76. The molecule has 0 saturated heterocycles. The number of hydrogen-bond acceptors (Lipinski definition) is 2. The number of imidazole rings is 1. The maximum absolute atomic E-state index is 8.95. The average molecular weight is 232 g/mol. The van der Waals surface area contributed by atoms with E-state index in [2.05, 4.69) is 41.6 Å². The van der Waals surface area contributed by atoms with Crippen molar-refractivity contribution in [1.82, 2.24) is 9.55 Å². The van der Waals surface area contributed by atoms with E-state index in [1.807, 2.05) is 6.07 Å². The van der Waals surface area contributed by atoms with Crippen LogP contribution < -0.4 is 0 Å². The number of fused-ring (bicyclic) bond motifs is 1. The highest BCUT2D eigenvalue weighted by Gasteiger charge is 2.13. The van der Waals surface area contributed by atoms with Crippen LogP contribution in [-0.2, 0) is 6.42 Å². The maximum atomic E-state index is 8.95. The summed E-state index contributed by atoms with van der Waals surface area (Å²) in [5, 5.41) is 8.95. The van der Waals surface area contributed by atoms with Crippen molar-refractivity contribution in [2.75, 3.05) is 6.61 Å². The van der Waals surface area contributed by atoms with Crippen LogP contribution in [0.25, 0.3) is 11.0 Å². The zero-order valence-electron chi connectivity index (χ0n) is 10.6. The monoisotopic (exact) mass is 232 g/mol. The minimum Gasteiger partial charge on any atom is -0.396 e. The van der Waals surface area contributed by atoms with Crippen molar-refractivity contribution >= 4 is 11.0 Å². The van der Waals surface area contributed by atoms with Gasteiger partial charge in [-0.1, -0.05) is 19.1 Å². The number of benzene rings is 1. The highest BCUT2D eigenvalue weighted by Crippen LogP contribution is 2.23. The molecule has 0 unspecified atom stereocenters. The number of para-hydroxylation sites is 2. The van der Waals surface area contributed by atoms with E-state index >= 15 is 0 Å². The first kappa shape index (κ1) is 12.1. The van der Waals surface area contributed by atoms with Gasteiger partial charge >= 0.3 is 0 Å². The summed E-state index contributed by atoms with van der Waals surface area (Å²) in [4.78, 5) is 4.67. The smallest absolute Gasteiger partial charge is 0.110 e. The molecule has 3 nitrogen and oxygen atoms in total. The molecule has 0 aliphatic carbocycles. The Bertz CT molecular complexity index is 490. The molecule has 1 aromatic carbocycles. The van der Waals surface area contributed by atoms with Gasteiger partial charge in [0.1, 0.15) is 5.82 Å². The third-order valence-corrected chi connectivity index (χ3v) is 3.26. The third-order valence-electron chi connectivity index (χ3n) is 3.26.